The monoisotopic (exact) mass is 139 g/mol. The maximum Gasteiger partial charge on any atom is 0.290 e. The van der Waals surface area contributed by atoms with E-state index in [2.05, 4.69) is 0 Å². The molecule has 0 amide bonds. The molecule has 0 heterocycles. The minimum atomic E-state index is -0.250. The molecule has 0 radical (unpaired) electrons. The van der Waals surface area contributed by atoms with Crippen LogP contribution in [0.25, 0.3) is 0 Å². The molecule has 0 aliphatic rings. The first-order valence-corrected chi connectivity index (χ1v) is 2.69. The molecule has 0 saturated carbocycles. The smallest absolute Gasteiger partial charge is 0.290 e. The van der Waals surface area contributed by atoms with E-state index in [0.717, 1.165) is 5.69 Å². The molecule has 1 aromatic carbocycles. The van der Waals surface area contributed by atoms with E-state index in [1.807, 2.05) is 30.3 Å². The van der Waals surface area contributed by atoms with Crippen LogP contribution in [0.3, 0.4) is 0 Å². The number of carbonyl (C=O) groups is 1. The van der Waals surface area contributed by atoms with Crippen LogP contribution < -0.4 is 5.73 Å². The van der Waals surface area contributed by atoms with Gasteiger partial charge in [-0.15, -0.1) is 0 Å². The van der Waals surface area contributed by atoms with Crippen LogP contribution in [0, 0.1) is 0 Å². The quantitative estimate of drug-likeness (QED) is 0.416. The molecule has 3 nitrogen and oxygen atoms in total. The number of nitrogen functional groups attached to an aromatic ring is 1. The van der Waals surface area contributed by atoms with E-state index >= 15 is 0 Å². The van der Waals surface area contributed by atoms with Crippen molar-refractivity contribution in [3.05, 3.63) is 30.3 Å². The summed E-state index contributed by atoms with van der Waals surface area (Å²) in [6.07, 6.45) is 0. The lowest BCUT2D eigenvalue weighted by Gasteiger charge is -1.83. The van der Waals surface area contributed by atoms with Crippen molar-refractivity contribution in [2.24, 2.45) is 0 Å². The second-order valence-electron chi connectivity index (χ2n) is 1.52. The van der Waals surface area contributed by atoms with Crippen molar-refractivity contribution in [3.63, 3.8) is 0 Å². The summed E-state index contributed by atoms with van der Waals surface area (Å²) in [5.74, 6) is 0. The van der Waals surface area contributed by atoms with Gasteiger partial charge in [0.1, 0.15) is 0 Å². The maximum atomic E-state index is 8.36. The first kappa shape index (κ1) is 8.49. The molecule has 0 aliphatic carbocycles. The van der Waals surface area contributed by atoms with E-state index in [-0.39, 0.29) is 6.47 Å². The van der Waals surface area contributed by atoms with Crippen LogP contribution in [0.5, 0.6) is 0 Å². The highest BCUT2D eigenvalue weighted by atomic mass is 16.3. The van der Waals surface area contributed by atoms with Crippen molar-refractivity contribution in [1.82, 2.24) is 0 Å². The average molecular weight is 139 g/mol. The minimum absolute atomic E-state index is 0.250. The van der Waals surface area contributed by atoms with Crippen LogP contribution in [-0.2, 0) is 4.79 Å². The molecule has 0 unspecified atom stereocenters. The molecule has 0 fully saturated rings. The molecule has 10 heavy (non-hydrogen) atoms. The number of hydrogen-bond acceptors (Lipinski definition) is 2. The molecule has 1 aromatic rings. The van der Waals surface area contributed by atoms with Crippen molar-refractivity contribution in [2.75, 3.05) is 5.73 Å². The summed E-state index contributed by atoms with van der Waals surface area (Å²) in [6.45, 7) is -0.250. The fourth-order valence-corrected chi connectivity index (χ4v) is 0.453. The number of para-hydroxylation sites is 1. The molecule has 0 saturated heterocycles. The Hall–Kier alpha value is -1.51. The predicted molar refractivity (Wildman–Crippen MR) is 39.5 cm³/mol. The van der Waals surface area contributed by atoms with E-state index in [1.54, 1.807) is 0 Å². The van der Waals surface area contributed by atoms with Crippen molar-refractivity contribution in [2.45, 2.75) is 0 Å². The van der Waals surface area contributed by atoms with Gasteiger partial charge in [0.25, 0.3) is 6.47 Å². The number of rotatable bonds is 0. The molecule has 1 rings (SSSR count). The van der Waals surface area contributed by atoms with Crippen LogP contribution in [0.1, 0.15) is 0 Å². The van der Waals surface area contributed by atoms with Crippen molar-refractivity contribution < 1.29 is 9.90 Å². The van der Waals surface area contributed by atoms with Gasteiger partial charge in [0, 0.05) is 5.69 Å². The summed E-state index contributed by atoms with van der Waals surface area (Å²) in [7, 11) is 0. The van der Waals surface area contributed by atoms with Crippen LogP contribution in [0.2, 0.25) is 0 Å². The van der Waals surface area contributed by atoms with Crippen LogP contribution in [-0.4, -0.2) is 11.6 Å². The third-order valence-electron chi connectivity index (χ3n) is 0.800. The molecule has 3 heteroatoms. The van der Waals surface area contributed by atoms with Gasteiger partial charge in [0.2, 0.25) is 0 Å². The lowest BCUT2D eigenvalue weighted by molar-refractivity contribution is -0.122. The van der Waals surface area contributed by atoms with Crippen LogP contribution in [0.15, 0.2) is 30.3 Å². The Morgan fingerprint density at radius 2 is 1.70 bits per heavy atom. The second kappa shape index (κ2) is 5.62. The molecular weight excluding hydrogens is 130 g/mol. The number of anilines is 1. The van der Waals surface area contributed by atoms with E-state index in [1.165, 1.54) is 0 Å². The largest absolute Gasteiger partial charge is 0.483 e. The van der Waals surface area contributed by atoms with E-state index in [9.17, 15) is 0 Å². The van der Waals surface area contributed by atoms with Gasteiger partial charge >= 0.3 is 0 Å². The predicted octanol–water partition coefficient (Wildman–Crippen LogP) is 0.970. The van der Waals surface area contributed by atoms with Gasteiger partial charge in [-0.2, -0.15) is 0 Å². The Labute approximate surface area is 59.1 Å². The number of hydrogen-bond donors (Lipinski definition) is 2. The Morgan fingerprint density at radius 3 is 1.90 bits per heavy atom. The van der Waals surface area contributed by atoms with Gasteiger partial charge in [-0.3, -0.25) is 4.79 Å². The molecule has 3 N–H and O–H groups in total. The minimum Gasteiger partial charge on any atom is -0.483 e. The Kier molecular flexibility index (Phi) is 4.77. The summed E-state index contributed by atoms with van der Waals surface area (Å²) >= 11 is 0. The number of benzene rings is 1. The summed E-state index contributed by atoms with van der Waals surface area (Å²) in [5, 5.41) is 6.89. The highest BCUT2D eigenvalue weighted by molar-refractivity contribution is 5.35. The molecule has 0 atom stereocenters. The van der Waals surface area contributed by atoms with E-state index in [0.29, 0.717) is 0 Å². The summed E-state index contributed by atoms with van der Waals surface area (Å²) in [6, 6.07) is 9.49. The topological polar surface area (TPSA) is 63.3 Å². The van der Waals surface area contributed by atoms with Gasteiger partial charge in [0.05, 0.1) is 0 Å². The van der Waals surface area contributed by atoms with Crippen LogP contribution in [0.4, 0.5) is 5.69 Å². The lowest BCUT2D eigenvalue weighted by Crippen LogP contribution is -1.79. The molecule has 54 valence electrons. The fourth-order valence-electron chi connectivity index (χ4n) is 0.453. The summed E-state index contributed by atoms with van der Waals surface area (Å²) in [5.41, 5.74) is 6.18. The third kappa shape index (κ3) is 4.64. The standard InChI is InChI=1S/C6H7N.CH2O2/c7-6-4-2-1-3-5-6;2-1-3/h1-5H,7H2;1H,(H,2,3). The zero-order valence-corrected chi connectivity index (χ0v) is 5.40. The van der Waals surface area contributed by atoms with E-state index < -0.39 is 0 Å². The number of carboxylic acid groups (broad SMARTS) is 1. The first-order chi connectivity index (χ1) is 4.81. The lowest BCUT2D eigenvalue weighted by atomic mass is 10.3. The SMILES string of the molecule is Nc1ccccc1.O=CO. The van der Waals surface area contributed by atoms with E-state index in [4.69, 9.17) is 15.6 Å². The Morgan fingerprint density at radius 1 is 1.30 bits per heavy atom. The first-order valence-electron chi connectivity index (χ1n) is 2.69. The summed E-state index contributed by atoms with van der Waals surface area (Å²) in [4.78, 5) is 8.36. The zero-order valence-electron chi connectivity index (χ0n) is 5.40. The normalized spacial score (nSPS) is 7.20. The molecule has 0 spiro atoms. The van der Waals surface area contributed by atoms with Crippen LogP contribution >= 0.6 is 0 Å². The van der Waals surface area contributed by atoms with Gasteiger partial charge in [-0.1, -0.05) is 18.2 Å². The van der Waals surface area contributed by atoms with Gasteiger partial charge in [-0.05, 0) is 12.1 Å². The third-order valence-corrected chi connectivity index (χ3v) is 0.800. The van der Waals surface area contributed by atoms with Crippen molar-refractivity contribution in [3.8, 4) is 0 Å². The van der Waals surface area contributed by atoms with Crippen molar-refractivity contribution in [1.29, 1.82) is 0 Å². The van der Waals surface area contributed by atoms with Crippen molar-refractivity contribution >= 4 is 12.2 Å². The highest BCUT2D eigenvalue weighted by Crippen LogP contribution is 1.95. The Balaban J connectivity index is 0.000000236. The number of nitrogens with two attached hydrogens (primary N) is 1. The highest BCUT2D eigenvalue weighted by Gasteiger charge is 1.72. The second-order valence-corrected chi connectivity index (χ2v) is 1.52. The van der Waals surface area contributed by atoms with Gasteiger partial charge in [0.15, 0.2) is 0 Å². The Bertz CT molecular complexity index is 174. The summed E-state index contributed by atoms with van der Waals surface area (Å²) < 4.78 is 0. The maximum absolute atomic E-state index is 8.36. The molecule has 0 aliphatic heterocycles. The average Bonchev–Trinajstić information content (AvgIpc) is 1.91. The zero-order chi connectivity index (χ0) is 7.82. The van der Waals surface area contributed by atoms with Gasteiger partial charge in [-0.25, -0.2) is 0 Å². The fraction of sp³-hybridized carbons (Fsp3) is 0. The molecule has 0 aromatic heterocycles. The molecule has 0 bridgehead atoms. The van der Waals surface area contributed by atoms with Gasteiger partial charge < -0.3 is 10.8 Å². The molecular formula is C7H9NO2.